The fraction of sp³-hybridized carbons (Fsp3) is 0.357. The molecule has 2 aromatic carbocycles. The molecule has 0 N–H and O–H groups in total. The van der Waals surface area contributed by atoms with E-state index in [-0.39, 0.29) is 29.3 Å². The lowest BCUT2D eigenvalue weighted by atomic mass is 9.63. The molecule has 1 aromatic heterocycles. The maximum atomic E-state index is 13.9. The largest absolute Gasteiger partial charge is 0.334 e. The van der Waals surface area contributed by atoms with Crippen molar-refractivity contribution in [2.45, 2.75) is 42.7 Å². The highest BCUT2D eigenvalue weighted by atomic mass is 16.2. The van der Waals surface area contributed by atoms with Gasteiger partial charge in [0.2, 0.25) is 0 Å². The molecule has 0 spiro atoms. The highest BCUT2D eigenvalue weighted by molar-refractivity contribution is 5.94. The number of aromatic nitrogens is 1. The van der Waals surface area contributed by atoms with Gasteiger partial charge in [0.25, 0.3) is 5.91 Å². The van der Waals surface area contributed by atoms with E-state index < -0.39 is 0 Å². The summed E-state index contributed by atoms with van der Waals surface area (Å²) in [5, 5.41) is 0. The summed E-state index contributed by atoms with van der Waals surface area (Å²) in [5.41, 5.74) is 3.45. The van der Waals surface area contributed by atoms with Crippen molar-refractivity contribution in [2.75, 3.05) is 20.6 Å². The van der Waals surface area contributed by atoms with Gasteiger partial charge in [-0.05, 0) is 56.6 Å². The standard InChI is InChI=1S/C28H31N3O/c1-30(2)28-15-18-31(27(32)23-13-16-29-17-14-23)26(24(19-28)21-9-5-3-6-10-21)25(20-28)22-11-7-4-8-12-22/h3-14,16-17,24-26H,15,18-20H2,1-2H3. The van der Waals surface area contributed by atoms with Gasteiger partial charge in [-0.25, -0.2) is 0 Å². The van der Waals surface area contributed by atoms with Crippen LogP contribution in [0.3, 0.4) is 0 Å². The molecule has 1 amide bonds. The zero-order valence-corrected chi connectivity index (χ0v) is 18.9. The molecule has 2 atom stereocenters. The molecule has 1 aliphatic carbocycles. The molecule has 2 aliphatic heterocycles. The van der Waals surface area contributed by atoms with E-state index in [0.717, 1.165) is 31.4 Å². The van der Waals surface area contributed by atoms with Gasteiger partial charge in [0.15, 0.2) is 0 Å². The average molecular weight is 426 g/mol. The highest BCUT2D eigenvalue weighted by Gasteiger charge is 2.53. The Kier molecular flexibility index (Phi) is 5.56. The number of hydrogen-bond acceptors (Lipinski definition) is 3. The minimum absolute atomic E-state index is 0.0603. The minimum Gasteiger partial charge on any atom is -0.334 e. The first kappa shape index (κ1) is 20.9. The Labute approximate surface area is 190 Å². The predicted molar refractivity (Wildman–Crippen MR) is 128 cm³/mol. The van der Waals surface area contributed by atoms with Gasteiger partial charge in [-0.1, -0.05) is 60.7 Å². The Bertz CT molecular complexity index is 1000. The van der Waals surface area contributed by atoms with E-state index in [4.69, 9.17) is 0 Å². The van der Waals surface area contributed by atoms with Crippen molar-refractivity contribution in [1.29, 1.82) is 0 Å². The quantitative estimate of drug-likeness (QED) is 0.593. The fourth-order valence-electron chi connectivity index (χ4n) is 6.06. The van der Waals surface area contributed by atoms with Gasteiger partial charge in [-0.2, -0.15) is 0 Å². The van der Waals surface area contributed by atoms with E-state index in [1.54, 1.807) is 12.4 Å². The van der Waals surface area contributed by atoms with Crippen LogP contribution in [0.15, 0.2) is 85.2 Å². The van der Waals surface area contributed by atoms with Crippen LogP contribution in [0.4, 0.5) is 0 Å². The van der Waals surface area contributed by atoms with Crippen molar-refractivity contribution < 1.29 is 4.79 Å². The van der Waals surface area contributed by atoms with Crippen LogP contribution in [0.1, 0.15) is 52.6 Å². The van der Waals surface area contributed by atoms with Crippen molar-refractivity contribution in [2.24, 2.45) is 0 Å². The molecule has 3 aromatic rings. The Morgan fingerprint density at radius 3 is 1.91 bits per heavy atom. The number of carbonyl (C=O) groups is 1. The second kappa shape index (κ2) is 8.51. The van der Waals surface area contributed by atoms with Crippen LogP contribution in [0.5, 0.6) is 0 Å². The molecule has 6 rings (SSSR count). The summed E-state index contributed by atoms with van der Waals surface area (Å²) < 4.78 is 0. The van der Waals surface area contributed by atoms with Gasteiger partial charge in [-0.3, -0.25) is 9.78 Å². The van der Waals surface area contributed by atoms with E-state index in [2.05, 4.69) is 89.5 Å². The van der Waals surface area contributed by atoms with Gasteiger partial charge in [-0.15, -0.1) is 0 Å². The summed E-state index contributed by atoms with van der Waals surface area (Å²) in [7, 11) is 4.43. The van der Waals surface area contributed by atoms with Crippen molar-refractivity contribution in [3.05, 3.63) is 102 Å². The van der Waals surface area contributed by atoms with Crippen molar-refractivity contribution in [3.63, 3.8) is 0 Å². The van der Waals surface area contributed by atoms with Crippen molar-refractivity contribution >= 4 is 5.91 Å². The Balaban J connectivity index is 1.67. The third-order valence-corrected chi connectivity index (χ3v) is 7.79. The normalized spacial score (nSPS) is 27.3. The Morgan fingerprint density at radius 2 is 1.41 bits per heavy atom. The molecule has 0 radical (unpaired) electrons. The second-order valence-corrected chi connectivity index (χ2v) is 9.54. The number of fused-ring (bicyclic) bond motifs is 4. The minimum atomic E-state index is 0.0603. The summed E-state index contributed by atoms with van der Waals surface area (Å²) in [4.78, 5) is 22.6. The first-order chi connectivity index (χ1) is 15.6. The SMILES string of the molecule is CN(C)C12CCN(C(=O)c3ccncc3)C(C(c3ccccc3)C1)C(c1ccccc1)C2. The summed E-state index contributed by atoms with van der Waals surface area (Å²) in [5.74, 6) is 0.687. The van der Waals surface area contributed by atoms with Crippen LogP contribution in [0.2, 0.25) is 0 Å². The van der Waals surface area contributed by atoms with Gasteiger partial charge in [0.1, 0.15) is 0 Å². The average Bonchev–Trinajstić information content (AvgIpc) is 3.13. The monoisotopic (exact) mass is 425 g/mol. The van der Waals surface area contributed by atoms with Crippen molar-refractivity contribution in [1.82, 2.24) is 14.8 Å². The molecule has 3 aliphatic rings. The smallest absolute Gasteiger partial charge is 0.254 e. The van der Waals surface area contributed by atoms with Crippen LogP contribution in [0, 0.1) is 0 Å². The molecule has 4 nitrogen and oxygen atoms in total. The molecule has 164 valence electrons. The lowest BCUT2D eigenvalue weighted by Gasteiger charge is -2.50. The molecule has 3 heterocycles. The van der Waals surface area contributed by atoms with Crippen LogP contribution < -0.4 is 0 Å². The molecular formula is C28H31N3O. The van der Waals surface area contributed by atoms with E-state index in [0.29, 0.717) is 0 Å². The van der Waals surface area contributed by atoms with E-state index >= 15 is 0 Å². The Hall–Kier alpha value is -2.98. The number of hydrogen-bond donors (Lipinski definition) is 0. The zero-order chi connectivity index (χ0) is 22.1. The molecular weight excluding hydrogens is 394 g/mol. The number of rotatable bonds is 4. The second-order valence-electron chi connectivity index (χ2n) is 9.54. The number of amides is 1. The van der Waals surface area contributed by atoms with Gasteiger partial charge in [0, 0.05) is 47.9 Å². The summed E-state index contributed by atoms with van der Waals surface area (Å²) in [6, 6.07) is 25.4. The molecule has 4 heteroatoms. The lowest BCUT2D eigenvalue weighted by Crippen LogP contribution is -2.53. The third kappa shape index (κ3) is 3.63. The van der Waals surface area contributed by atoms with Crippen LogP contribution in [-0.4, -0.2) is 52.9 Å². The van der Waals surface area contributed by atoms with Gasteiger partial charge in [0.05, 0.1) is 0 Å². The number of pyridine rings is 1. The Morgan fingerprint density at radius 1 is 0.875 bits per heavy atom. The van der Waals surface area contributed by atoms with Crippen LogP contribution >= 0.6 is 0 Å². The zero-order valence-electron chi connectivity index (χ0n) is 18.9. The van der Waals surface area contributed by atoms with E-state index in [1.165, 1.54) is 11.1 Å². The third-order valence-electron chi connectivity index (χ3n) is 7.79. The van der Waals surface area contributed by atoms with E-state index in [9.17, 15) is 4.79 Å². The van der Waals surface area contributed by atoms with Gasteiger partial charge < -0.3 is 9.80 Å². The summed E-state index contributed by atoms with van der Waals surface area (Å²) in [6.07, 6.45) is 6.55. The van der Waals surface area contributed by atoms with Gasteiger partial charge >= 0.3 is 0 Å². The molecule has 2 unspecified atom stereocenters. The fourth-order valence-corrected chi connectivity index (χ4v) is 6.06. The number of carbonyl (C=O) groups excluding carboxylic acids is 1. The molecule has 1 saturated carbocycles. The number of benzene rings is 2. The first-order valence-electron chi connectivity index (χ1n) is 11.6. The molecule has 32 heavy (non-hydrogen) atoms. The number of nitrogens with zero attached hydrogens (tertiary/aromatic N) is 3. The van der Waals surface area contributed by atoms with Crippen molar-refractivity contribution in [3.8, 4) is 0 Å². The maximum Gasteiger partial charge on any atom is 0.254 e. The predicted octanol–water partition coefficient (Wildman–Crippen LogP) is 4.96. The first-order valence-corrected chi connectivity index (χ1v) is 11.6. The highest BCUT2D eigenvalue weighted by Crippen LogP contribution is 2.53. The maximum absolute atomic E-state index is 13.9. The molecule has 2 bridgehead atoms. The molecule has 3 fully saturated rings. The van der Waals surface area contributed by atoms with Crippen LogP contribution in [0.25, 0.3) is 0 Å². The van der Waals surface area contributed by atoms with E-state index in [1.807, 2.05) is 12.1 Å². The topological polar surface area (TPSA) is 36.4 Å². The summed E-state index contributed by atoms with van der Waals surface area (Å²) >= 11 is 0. The lowest BCUT2D eigenvalue weighted by molar-refractivity contribution is 0.0523. The molecule has 2 saturated heterocycles. The van der Waals surface area contributed by atoms with Crippen LogP contribution in [-0.2, 0) is 0 Å². The summed E-state index contributed by atoms with van der Waals surface area (Å²) in [6.45, 7) is 0.774.